The van der Waals surface area contributed by atoms with Gasteiger partial charge in [-0.3, -0.25) is 9.69 Å². The summed E-state index contributed by atoms with van der Waals surface area (Å²) in [7, 11) is 1.80. The van der Waals surface area contributed by atoms with E-state index in [2.05, 4.69) is 4.98 Å². The third kappa shape index (κ3) is 3.05. The number of nitrogens with zero attached hydrogens (tertiary/aromatic N) is 1. The van der Waals surface area contributed by atoms with Crippen molar-refractivity contribution in [3.05, 3.63) is 59.7 Å². The Hall–Kier alpha value is -1.94. The molecule has 1 aromatic heterocycles. The Kier molecular flexibility index (Phi) is 3.89. The molecule has 18 heavy (non-hydrogen) atoms. The second kappa shape index (κ2) is 5.60. The number of carbonyl (C=O) groups is 1. The number of carbonyl (C=O) groups excluding carboxylic acids is 1. The zero-order valence-electron chi connectivity index (χ0n) is 10.2. The first-order valence-corrected chi connectivity index (χ1v) is 5.75. The van der Waals surface area contributed by atoms with Crippen molar-refractivity contribution in [2.45, 2.75) is 6.54 Å². The first kappa shape index (κ1) is 12.5. The summed E-state index contributed by atoms with van der Waals surface area (Å²) in [6.07, 6.45) is 1.71. The topological polar surface area (TPSA) is 36.1 Å². The van der Waals surface area contributed by atoms with Crippen LogP contribution < -0.4 is 0 Å². The monoisotopic (exact) mass is 246 g/mol. The smallest absolute Gasteiger partial charge is 0.192 e. The largest absolute Gasteiger partial charge is 0.359 e. The Labute approximate surface area is 105 Å². The van der Waals surface area contributed by atoms with E-state index in [1.54, 1.807) is 48.5 Å². The molecule has 94 valence electrons. The summed E-state index contributed by atoms with van der Waals surface area (Å²) in [5.74, 6) is -0.240. The first-order chi connectivity index (χ1) is 8.66. The number of hydrogen-bond donors (Lipinski definition) is 1. The summed E-state index contributed by atoms with van der Waals surface area (Å²) in [4.78, 5) is 16.5. The average Bonchev–Trinajstić information content (AvgIpc) is 2.85. The van der Waals surface area contributed by atoms with Crippen LogP contribution in [0.4, 0.5) is 4.39 Å². The summed E-state index contributed by atoms with van der Waals surface area (Å²) in [5.41, 5.74) is 1.18. The van der Waals surface area contributed by atoms with Crippen molar-refractivity contribution < 1.29 is 9.18 Å². The van der Waals surface area contributed by atoms with Crippen molar-refractivity contribution in [1.29, 1.82) is 0 Å². The molecule has 0 atom stereocenters. The molecular formula is C14H15FN2O. The van der Waals surface area contributed by atoms with Crippen molar-refractivity contribution in [2.24, 2.45) is 0 Å². The highest BCUT2D eigenvalue weighted by atomic mass is 19.1. The minimum Gasteiger partial charge on any atom is -0.359 e. The Morgan fingerprint density at radius 2 is 2.06 bits per heavy atom. The molecule has 3 nitrogen and oxygen atoms in total. The third-order valence-corrected chi connectivity index (χ3v) is 2.71. The van der Waals surface area contributed by atoms with Crippen molar-refractivity contribution in [3.63, 3.8) is 0 Å². The van der Waals surface area contributed by atoms with E-state index in [0.717, 1.165) is 0 Å². The fraction of sp³-hybridized carbons (Fsp3) is 0.214. The van der Waals surface area contributed by atoms with Gasteiger partial charge in [-0.2, -0.15) is 0 Å². The molecule has 0 unspecified atom stereocenters. The number of Topliss-reactive ketones (excluding diaryl/α,β-unsaturated/α-hetero) is 1. The van der Waals surface area contributed by atoms with Crippen LogP contribution in [0.1, 0.15) is 16.1 Å². The molecule has 4 heteroatoms. The van der Waals surface area contributed by atoms with E-state index in [1.165, 1.54) is 6.07 Å². The Bertz CT molecular complexity index is 522. The lowest BCUT2D eigenvalue weighted by Gasteiger charge is -2.15. The fourth-order valence-electron chi connectivity index (χ4n) is 1.81. The van der Waals surface area contributed by atoms with Gasteiger partial charge in [-0.25, -0.2) is 4.39 Å². The van der Waals surface area contributed by atoms with Gasteiger partial charge in [0, 0.05) is 18.3 Å². The molecule has 1 heterocycles. The number of H-pyrrole nitrogens is 1. The van der Waals surface area contributed by atoms with E-state index in [-0.39, 0.29) is 18.1 Å². The van der Waals surface area contributed by atoms with E-state index in [9.17, 15) is 9.18 Å². The molecule has 2 aromatic rings. The molecule has 0 bridgehead atoms. The molecule has 0 spiro atoms. The lowest BCUT2D eigenvalue weighted by Crippen LogP contribution is -2.26. The van der Waals surface area contributed by atoms with Gasteiger partial charge >= 0.3 is 0 Å². The quantitative estimate of drug-likeness (QED) is 0.823. The normalized spacial score (nSPS) is 10.8. The van der Waals surface area contributed by atoms with Crippen LogP contribution in [0.15, 0.2) is 42.6 Å². The Morgan fingerprint density at radius 3 is 2.72 bits per heavy atom. The second-order valence-corrected chi connectivity index (χ2v) is 4.27. The van der Waals surface area contributed by atoms with Gasteiger partial charge in [-0.15, -0.1) is 0 Å². The predicted molar refractivity (Wildman–Crippen MR) is 67.9 cm³/mol. The molecule has 1 N–H and O–H groups in total. The summed E-state index contributed by atoms with van der Waals surface area (Å²) < 4.78 is 13.4. The maximum Gasteiger partial charge on any atom is 0.192 e. The highest BCUT2D eigenvalue weighted by Crippen LogP contribution is 2.09. The molecule has 2 rings (SSSR count). The van der Waals surface area contributed by atoms with Crippen LogP contribution in [-0.4, -0.2) is 29.3 Å². The molecular weight excluding hydrogens is 231 g/mol. The molecule has 0 saturated heterocycles. The first-order valence-electron chi connectivity index (χ1n) is 5.75. The summed E-state index contributed by atoms with van der Waals surface area (Å²) in [5, 5.41) is 0. The highest BCUT2D eigenvalue weighted by molar-refractivity contribution is 5.95. The molecule has 0 saturated carbocycles. The zero-order valence-corrected chi connectivity index (χ0v) is 10.2. The van der Waals surface area contributed by atoms with Gasteiger partial charge in [0.2, 0.25) is 0 Å². The predicted octanol–water partition coefficient (Wildman–Crippen LogP) is 2.47. The maximum atomic E-state index is 13.4. The van der Waals surface area contributed by atoms with Crippen LogP contribution >= 0.6 is 0 Å². The lowest BCUT2D eigenvalue weighted by atomic mass is 10.2. The molecule has 0 radical (unpaired) electrons. The number of aromatic amines is 1. The number of halogens is 1. The van der Waals surface area contributed by atoms with Gasteiger partial charge in [-0.05, 0) is 25.2 Å². The van der Waals surface area contributed by atoms with Crippen LogP contribution in [0, 0.1) is 5.82 Å². The van der Waals surface area contributed by atoms with Gasteiger partial charge < -0.3 is 4.98 Å². The summed E-state index contributed by atoms with van der Waals surface area (Å²) in [6.45, 7) is 0.675. The Morgan fingerprint density at radius 1 is 1.28 bits per heavy atom. The molecule has 0 aliphatic heterocycles. The van der Waals surface area contributed by atoms with E-state index in [0.29, 0.717) is 17.8 Å². The molecule has 1 aromatic carbocycles. The lowest BCUT2D eigenvalue weighted by molar-refractivity contribution is 0.0938. The van der Waals surface area contributed by atoms with Crippen LogP contribution in [0.5, 0.6) is 0 Å². The standard InChI is InChI=1S/C14H15FN2O/c1-17(9-11-5-2-3-6-12(11)15)10-14(18)13-7-4-8-16-13/h2-8,16H,9-10H2,1H3. The van der Waals surface area contributed by atoms with E-state index < -0.39 is 0 Å². The van der Waals surface area contributed by atoms with Crippen LogP contribution in [0.25, 0.3) is 0 Å². The number of benzene rings is 1. The van der Waals surface area contributed by atoms with Gasteiger partial charge in [-0.1, -0.05) is 18.2 Å². The minimum absolute atomic E-state index is 0.00107. The van der Waals surface area contributed by atoms with Crippen molar-refractivity contribution >= 4 is 5.78 Å². The van der Waals surface area contributed by atoms with E-state index in [1.807, 2.05) is 0 Å². The zero-order chi connectivity index (χ0) is 13.0. The molecule has 0 amide bonds. The fourth-order valence-corrected chi connectivity index (χ4v) is 1.81. The van der Waals surface area contributed by atoms with Crippen molar-refractivity contribution in [1.82, 2.24) is 9.88 Å². The van der Waals surface area contributed by atoms with E-state index >= 15 is 0 Å². The summed E-state index contributed by atoms with van der Waals surface area (Å²) in [6, 6.07) is 10.1. The van der Waals surface area contributed by atoms with Crippen molar-refractivity contribution in [2.75, 3.05) is 13.6 Å². The molecule has 0 aliphatic rings. The van der Waals surface area contributed by atoms with Crippen LogP contribution in [-0.2, 0) is 6.54 Å². The maximum absolute atomic E-state index is 13.4. The SMILES string of the molecule is CN(CC(=O)c1ccc[nH]1)Cc1ccccc1F. The van der Waals surface area contributed by atoms with Crippen LogP contribution in [0.2, 0.25) is 0 Å². The number of ketones is 1. The Balaban J connectivity index is 1.95. The number of rotatable bonds is 5. The van der Waals surface area contributed by atoms with Crippen LogP contribution in [0.3, 0.4) is 0 Å². The number of hydrogen-bond acceptors (Lipinski definition) is 2. The number of aromatic nitrogens is 1. The van der Waals surface area contributed by atoms with Gasteiger partial charge in [0.15, 0.2) is 5.78 Å². The molecule has 0 aliphatic carbocycles. The van der Waals surface area contributed by atoms with E-state index in [4.69, 9.17) is 0 Å². The van der Waals surface area contributed by atoms with Gasteiger partial charge in [0.05, 0.1) is 12.2 Å². The number of nitrogens with one attached hydrogen (secondary N) is 1. The minimum atomic E-state index is -0.239. The van der Waals surface area contributed by atoms with Gasteiger partial charge in [0.25, 0.3) is 0 Å². The molecule has 0 fully saturated rings. The average molecular weight is 246 g/mol. The summed E-state index contributed by atoms with van der Waals surface area (Å²) >= 11 is 0. The highest BCUT2D eigenvalue weighted by Gasteiger charge is 2.11. The number of likely N-dealkylation sites (N-methyl/N-ethyl adjacent to an activating group) is 1. The van der Waals surface area contributed by atoms with Crippen molar-refractivity contribution in [3.8, 4) is 0 Å². The third-order valence-electron chi connectivity index (χ3n) is 2.71. The second-order valence-electron chi connectivity index (χ2n) is 4.27. The van der Waals surface area contributed by atoms with Gasteiger partial charge in [0.1, 0.15) is 5.82 Å².